The van der Waals surface area contributed by atoms with Crippen LogP contribution in [-0.2, 0) is 4.79 Å². The molecule has 0 saturated carbocycles. The molecule has 1 aromatic heterocycles. The number of rotatable bonds is 4. The standard InChI is InChI=1S/C19H21N3O3S/c1-12(23)21-16-3-2-8-22(10-16)19(25)14-6-4-13(5-7-14)15-9-17(18(20)24)26-11-15/h4-7,9,11,16H,2-3,8,10H2,1H3,(H2,20,24)(H,21,23)/t16-/m1/s1. The van der Waals surface area contributed by atoms with Gasteiger partial charge in [0.15, 0.2) is 0 Å². The average Bonchev–Trinajstić information content (AvgIpc) is 3.11. The van der Waals surface area contributed by atoms with Gasteiger partial charge in [0.05, 0.1) is 4.88 Å². The number of carbonyl (C=O) groups excluding carboxylic acids is 3. The number of hydrogen-bond acceptors (Lipinski definition) is 4. The number of benzene rings is 1. The third-order valence-electron chi connectivity index (χ3n) is 4.42. The Morgan fingerprint density at radius 1 is 1.19 bits per heavy atom. The van der Waals surface area contributed by atoms with Gasteiger partial charge in [-0.25, -0.2) is 0 Å². The van der Waals surface area contributed by atoms with Crippen LogP contribution in [0.2, 0.25) is 0 Å². The second-order valence-electron chi connectivity index (χ2n) is 6.43. The molecule has 0 bridgehead atoms. The lowest BCUT2D eigenvalue weighted by Crippen LogP contribution is -2.49. The van der Waals surface area contributed by atoms with E-state index in [2.05, 4.69) is 5.32 Å². The molecule has 0 radical (unpaired) electrons. The summed E-state index contributed by atoms with van der Waals surface area (Å²) in [6, 6.07) is 9.10. The number of likely N-dealkylation sites (tertiary alicyclic amines) is 1. The highest BCUT2D eigenvalue weighted by Crippen LogP contribution is 2.26. The predicted molar refractivity (Wildman–Crippen MR) is 101 cm³/mol. The Balaban J connectivity index is 1.70. The highest BCUT2D eigenvalue weighted by Gasteiger charge is 2.24. The van der Waals surface area contributed by atoms with E-state index < -0.39 is 5.91 Å². The van der Waals surface area contributed by atoms with Crippen molar-refractivity contribution in [3.8, 4) is 11.1 Å². The second kappa shape index (κ2) is 7.70. The number of piperidine rings is 1. The van der Waals surface area contributed by atoms with E-state index in [0.717, 1.165) is 24.0 Å². The minimum absolute atomic E-state index is 0.0162. The van der Waals surface area contributed by atoms with Crippen molar-refractivity contribution in [2.45, 2.75) is 25.8 Å². The molecule has 26 heavy (non-hydrogen) atoms. The smallest absolute Gasteiger partial charge is 0.258 e. The van der Waals surface area contributed by atoms with E-state index in [1.54, 1.807) is 23.1 Å². The molecule has 1 aliphatic rings. The van der Waals surface area contributed by atoms with Crippen LogP contribution in [0.4, 0.5) is 0 Å². The SMILES string of the molecule is CC(=O)N[C@@H]1CCCN(C(=O)c2ccc(-c3csc(C(N)=O)c3)cc2)C1. The van der Waals surface area contributed by atoms with Gasteiger partial charge in [-0.2, -0.15) is 0 Å². The fourth-order valence-corrected chi connectivity index (χ4v) is 3.94. The zero-order valence-electron chi connectivity index (χ0n) is 14.5. The minimum atomic E-state index is -0.438. The molecule has 1 fully saturated rings. The summed E-state index contributed by atoms with van der Waals surface area (Å²) in [7, 11) is 0. The third kappa shape index (κ3) is 4.11. The van der Waals surface area contributed by atoms with Gasteiger partial charge in [0.1, 0.15) is 0 Å². The number of amides is 3. The summed E-state index contributed by atoms with van der Waals surface area (Å²) in [6.45, 7) is 2.73. The number of thiophene rings is 1. The Morgan fingerprint density at radius 3 is 2.54 bits per heavy atom. The average molecular weight is 371 g/mol. The van der Waals surface area contributed by atoms with Crippen molar-refractivity contribution in [1.29, 1.82) is 0 Å². The number of primary amides is 1. The summed E-state index contributed by atoms with van der Waals surface area (Å²) in [5, 5.41) is 4.77. The Bertz CT molecular complexity index is 829. The molecule has 0 spiro atoms. The Morgan fingerprint density at radius 2 is 1.92 bits per heavy atom. The summed E-state index contributed by atoms with van der Waals surface area (Å²) in [5.41, 5.74) is 7.74. The largest absolute Gasteiger partial charge is 0.365 e. The van der Waals surface area contributed by atoms with E-state index in [0.29, 0.717) is 23.5 Å². The molecule has 3 amide bonds. The Labute approximate surface area is 156 Å². The van der Waals surface area contributed by atoms with Crippen LogP contribution >= 0.6 is 11.3 Å². The molecule has 1 aromatic carbocycles. The molecule has 6 nitrogen and oxygen atoms in total. The van der Waals surface area contributed by atoms with Crippen LogP contribution in [0.15, 0.2) is 35.7 Å². The number of nitrogens with one attached hydrogen (secondary N) is 1. The van der Waals surface area contributed by atoms with Gasteiger partial charge >= 0.3 is 0 Å². The van der Waals surface area contributed by atoms with Crippen LogP contribution in [-0.4, -0.2) is 41.8 Å². The molecule has 136 valence electrons. The van der Waals surface area contributed by atoms with E-state index in [4.69, 9.17) is 5.73 Å². The molecule has 7 heteroatoms. The lowest BCUT2D eigenvalue weighted by atomic mass is 10.0. The fourth-order valence-electron chi connectivity index (χ4n) is 3.17. The topological polar surface area (TPSA) is 92.5 Å². The van der Waals surface area contributed by atoms with E-state index >= 15 is 0 Å². The molecule has 1 saturated heterocycles. The third-order valence-corrected chi connectivity index (χ3v) is 5.37. The summed E-state index contributed by atoms with van der Waals surface area (Å²) >= 11 is 1.31. The van der Waals surface area contributed by atoms with E-state index in [1.165, 1.54) is 18.3 Å². The summed E-state index contributed by atoms with van der Waals surface area (Å²) < 4.78 is 0. The van der Waals surface area contributed by atoms with Crippen LogP contribution in [0.3, 0.4) is 0 Å². The second-order valence-corrected chi connectivity index (χ2v) is 7.34. The van der Waals surface area contributed by atoms with E-state index in [-0.39, 0.29) is 17.9 Å². The first kappa shape index (κ1) is 18.1. The van der Waals surface area contributed by atoms with Crippen molar-refractivity contribution >= 4 is 29.1 Å². The van der Waals surface area contributed by atoms with E-state index in [1.807, 2.05) is 17.5 Å². The molecule has 0 unspecified atom stereocenters. The first-order valence-corrected chi connectivity index (χ1v) is 9.37. The van der Waals surface area contributed by atoms with Gasteiger partial charge in [-0.3, -0.25) is 14.4 Å². The minimum Gasteiger partial charge on any atom is -0.365 e. The maximum absolute atomic E-state index is 12.7. The van der Waals surface area contributed by atoms with Crippen LogP contribution in [0.5, 0.6) is 0 Å². The summed E-state index contributed by atoms with van der Waals surface area (Å²) in [5.74, 6) is -0.540. The van der Waals surface area contributed by atoms with Crippen LogP contribution < -0.4 is 11.1 Å². The Hall–Kier alpha value is -2.67. The van der Waals surface area contributed by atoms with Crippen molar-refractivity contribution in [2.75, 3.05) is 13.1 Å². The van der Waals surface area contributed by atoms with Gasteiger partial charge in [0, 0.05) is 31.6 Å². The van der Waals surface area contributed by atoms with Crippen molar-refractivity contribution in [2.24, 2.45) is 5.73 Å². The normalized spacial score (nSPS) is 17.0. The van der Waals surface area contributed by atoms with Crippen molar-refractivity contribution < 1.29 is 14.4 Å². The molecule has 1 aliphatic heterocycles. The summed E-state index contributed by atoms with van der Waals surface area (Å²) in [6.07, 6.45) is 1.77. The van der Waals surface area contributed by atoms with Gasteiger partial charge in [0.25, 0.3) is 11.8 Å². The van der Waals surface area contributed by atoms with Crippen LogP contribution in [0.25, 0.3) is 11.1 Å². The molecule has 1 atom stereocenters. The van der Waals surface area contributed by atoms with Gasteiger partial charge in [-0.1, -0.05) is 12.1 Å². The zero-order valence-corrected chi connectivity index (χ0v) is 15.3. The number of nitrogens with zero attached hydrogens (tertiary/aromatic N) is 1. The van der Waals surface area contributed by atoms with Gasteiger partial charge in [-0.15, -0.1) is 11.3 Å². The molecule has 3 N–H and O–H groups in total. The summed E-state index contributed by atoms with van der Waals surface area (Å²) in [4.78, 5) is 37.5. The molecule has 2 heterocycles. The van der Waals surface area contributed by atoms with Crippen molar-refractivity contribution in [1.82, 2.24) is 10.2 Å². The lowest BCUT2D eigenvalue weighted by Gasteiger charge is -2.33. The quantitative estimate of drug-likeness (QED) is 0.863. The van der Waals surface area contributed by atoms with Gasteiger partial charge in [-0.05, 0) is 47.5 Å². The molecule has 2 aromatic rings. The zero-order chi connectivity index (χ0) is 18.7. The Kier molecular flexibility index (Phi) is 5.37. The predicted octanol–water partition coefficient (Wildman–Crippen LogP) is 2.25. The van der Waals surface area contributed by atoms with Crippen molar-refractivity contribution in [3.05, 3.63) is 46.2 Å². The highest BCUT2D eigenvalue weighted by atomic mass is 32.1. The van der Waals surface area contributed by atoms with Crippen LogP contribution in [0, 0.1) is 0 Å². The highest BCUT2D eigenvalue weighted by molar-refractivity contribution is 7.12. The van der Waals surface area contributed by atoms with E-state index in [9.17, 15) is 14.4 Å². The van der Waals surface area contributed by atoms with Gasteiger partial charge < -0.3 is 16.0 Å². The van der Waals surface area contributed by atoms with Crippen molar-refractivity contribution in [3.63, 3.8) is 0 Å². The molecular weight excluding hydrogens is 350 g/mol. The lowest BCUT2D eigenvalue weighted by molar-refractivity contribution is -0.120. The molecule has 3 rings (SSSR count). The number of nitrogens with two attached hydrogens (primary N) is 1. The monoisotopic (exact) mass is 371 g/mol. The first-order valence-electron chi connectivity index (χ1n) is 8.49. The number of carbonyl (C=O) groups is 3. The maximum Gasteiger partial charge on any atom is 0.258 e. The first-order chi connectivity index (χ1) is 12.4. The van der Waals surface area contributed by atoms with Gasteiger partial charge in [0.2, 0.25) is 5.91 Å². The fraction of sp³-hybridized carbons (Fsp3) is 0.316. The van der Waals surface area contributed by atoms with Crippen LogP contribution in [0.1, 0.15) is 39.8 Å². The molecular formula is C19H21N3O3S. The molecule has 0 aliphatic carbocycles. The number of hydrogen-bond donors (Lipinski definition) is 2. The maximum atomic E-state index is 12.7.